The Kier molecular flexibility index (Phi) is 3.76. The predicted octanol–water partition coefficient (Wildman–Crippen LogP) is 4.21. The average Bonchev–Trinajstić information content (AvgIpc) is 2.42. The number of aryl methyl sites for hydroxylation is 1. The van der Waals surface area contributed by atoms with Crippen LogP contribution in [0.5, 0.6) is 0 Å². The highest BCUT2D eigenvalue weighted by Gasteiger charge is 2.31. The van der Waals surface area contributed by atoms with Gasteiger partial charge in [-0.15, -0.1) is 0 Å². The van der Waals surface area contributed by atoms with E-state index >= 15 is 0 Å². The van der Waals surface area contributed by atoms with Crippen molar-refractivity contribution in [3.63, 3.8) is 0 Å². The van der Waals surface area contributed by atoms with Crippen molar-refractivity contribution in [1.82, 2.24) is 0 Å². The molecule has 2 aromatic rings. The Morgan fingerprint density at radius 2 is 1.81 bits per heavy atom. The zero-order valence-electron chi connectivity index (χ0n) is 11.1. The zero-order valence-corrected chi connectivity index (χ0v) is 11.1. The summed E-state index contributed by atoms with van der Waals surface area (Å²) in [6, 6.07) is 9.99. The lowest BCUT2D eigenvalue weighted by molar-refractivity contribution is -0.137. The molecule has 108 valence electrons. The normalized spacial score (nSPS) is 11.0. The molecule has 0 aliphatic carbocycles. The Hall–Kier alpha value is -2.68. The maximum Gasteiger partial charge on any atom is 0.416 e. The fourth-order valence-electron chi connectivity index (χ4n) is 1.85. The van der Waals surface area contributed by atoms with Crippen molar-refractivity contribution < 1.29 is 13.2 Å². The summed E-state index contributed by atoms with van der Waals surface area (Å²) < 4.78 is 37.9. The summed E-state index contributed by atoms with van der Waals surface area (Å²) in [5.74, 6) is 0. The van der Waals surface area contributed by atoms with Crippen LogP contribution >= 0.6 is 0 Å². The van der Waals surface area contributed by atoms with E-state index < -0.39 is 11.7 Å². The third-order valence-electron chi connectivity index (χ3n) is 2.95. The van der Waals surface area contributed by atoms with Crippen molar-refractivity contribution in [2.75, 3.05) is 11.1 Å². The zero-order chi connectivity index (χ0) is 15.6. The smallest absolute Gasteiger partial charge is 0.397 e. The van der Waals surface area contributed by atoms with Crippen molar-refractivity contribution in [2.24, 2.45) is 0 Å². The Morgan fingerprint density at radius 1 is 1.10 bits per heavy atom. The fourth-order valence-corrected chi connectivity index (χ4v) is 1.85. The standard InChI is InChI=1S/C15H12F3N3/c1-9-2-4-12(20)14(6-9)21-13-5-3-11(15(16,17)18)7-10(13)8-19/h2-7,21H,20H2,1H3. The first-order chi connectivity index (χ1) is 9.81. The molecule has 0 aromatic heterocycles. The number of nitrogens with one attached hydrogen (secondary N) is 1. The molecule has 2 aromatic carbocycles. The average molecular weight is 291 g/mol. The highest BCUT2D eigenvalue weighted by molar-refractivity contribution is 5.76. The molecule has 3 N–H and O–H groups in total. The maximum absolute atomic E-state index is 12.6. The van der Waals surface area contributed by atoms with E-state index in [4.69, 9.17) is 11.0 Å². The fraction of sp³-hybridized carbons (Fsp3) is 0.133. The molecular formula is C15H12F3N3. The summed E-state index contributed by atoms with van der Waals surface area (Å²) in [6.45, 7) is 1.86. The molecule has 0 bridgehead atoms. The second-order valence-corrected chi connectivity index (χ2v) is 4.59. The van der Waals surface area contributed by atoms with Gasteiger partial charge in [0.25, 0.3) is 0 Å². The molecule has 0 aliphatic heterocycles. The van der Waals surface area contributed by atoms with Gasteiger partial charge in [0, 0.05) is 0 Å². The number of halogens is 3. The van der Waals surface area contributed by atoms with Crippen molar-refractivity contribution in [3.8, 4) is 6.07 Å². The van der Waals surface area contributed by atoms with E-state index in [9.17, 15) is 13.2 Å². The van der Waals surface area contributed by atoms with Gasteiger partial charge >= 0.3 is 6.18 Å². The number of hydrogen-bond acceptors (Lipinski definition) is 3. The van der Waals surface area contributed by atoms with Crippen molar-refractivity contribution in [3.05, 3.63) is 53.1 Å². The highest BCUT2D eigenvalue weighted by Crippen LogP contribution is 2.33. The van der Waals surface area contributed by atoms with Gasteiger partial charge in [-0.1, -0.05) is 6.07 Å². The molecule has 21 heavy (non-hydrogen) atoms. The number of hydrogen-bond donors (Lipinski definition) is 2. The molecule has 0 radical (unpaired) electrons. The topological polar surface area (TPSA) is 61.8 Å². The van der Waals surface area contributed by atoms with E-state index in [0.29, 0.717) is 11.4 Å². The number of nitriles is 1. The predicted molar refractivity (Wildman–Crippen MR) is 75.0 cm³/mol. The largest absolute Gasteiger partial charge is 0.416 e. The Morgan fingerprint density at radius 3 is 2.43 bits per heavy atom. The monoisotopic (exact) mass is 291 g/mol. The van der Waals surface area contributed by atoms with E-state index in [1.807, 2.05) is 13.0 Å². The lowest BCUT2D eigenvalue weighted by atomic mass is 10.1. The number of benzene rings is 2. The molecule has 0 fully saturated rings. The molecule has 0 saturated heterocycles. The quantitative estimate of drug-likeness (QED) is 0.815. The first kappa shape index (κ1) is 14.7. The Labute approximate surface area is 119 Å². The summed E-state index contributed by atoms with van der Waals surface area (Å²) in [7, 11) is 0. The maximum atomic E-state index is 12.6. The Bertz CT molecular complexity index is 715. The molecule has 3 nitrogen and oxygen atoms in total. The van der Waals surface area contributed by atoms with E-state index in [-0.39, 0.29) is 11.3 Å². The van der Waals surface area contributed by atoms with E-state index in [1.54, 1.807) is 18.2 Å². The van der Waals surface area contributed by atoms with Crippen LogP contribution in [0.3, 0.4) is 0 Å². The van der Waals surface area contributed by atoms with Crippen LogP contribution in [0.15, 0.2) is 36.4 Å². The second kappa shape index (κ2) is 5.37. The summed E-state index contributed by atoms with van der Waals surface area (Å²) in [5.41, 5.74) is 7.07. The van der Waals surface area contributed by atoms with Gasteiger partial charge in [-0.25, -0.2) is 0 Å². The van der Waals surface area contributed by atoms with Gasteiger partial charge in [-0.05, 0) is 42.8 Å². The number of nitrogen functional groups attached to an aromatic ring is 1. The van der Waals surface area contributed by atoms with Crippen LogP contribution in [0.2, 0.25) is 0 Å². The minimum absolute atomic E-state index is 0.0919. The molecule has 0 atom stereocenters. The van der Waals surface area contributed by atoms with Crippen molar-refractivity contribution >= 4 is 17.1 Å². The Balaban J connectivity index is 2.41. The van der Waals surface area contributed by atoms with Gasteiger partial charge in [0.15, 0.2) is 0 Å². The number of alkyl halides is 3. The van der Waals surface area contributed by atoms with Crippen LogP contribution in [-0.4, -0.2) is 0 Å². The number of rotatable bonds is 2. The molecule has 0 saturated carbocycles. The van der Waals surface area contributed by atoms with Crippen LogP contribution in [0.1, 0.15) is 16.7 Å². The summed E-state index contributed by atoms with van der Waals surface area (Å²) >= 11 is 0. The second-order valence-electron chi connectivity index (χ2n) is 4.59. The lowest BCUT2D eigenvalue weighted by Gasteiger charge is -2.13. The summed E-state index contributed by atoms with van der Waals surface area (Å²) in [5, 5.41) is 11.9. The minimum atomic E-state index is -4.48. The molecule has 0 spiro atoms. The van der Waals surface area contributed by atoms with Gasteiger partial charge < -0.3 is 11.1 Å². The number of nitrogens with zero attached hydrogens (tertiary/aromatic N) is 1. The van der Waals surface area contributed by atoms with Gasteiger partial charge in [0.05, 0.1) is 28.2 Å². The van der Waals surface area contributed by atoms with Crippen LogP contribution in [0.25, 0.3) is 0 Å². The van der Waals surface area contributed by atoms with Crippen LogP contribution in [0.4, 0.5) is 30.2 Å². The van der Waals surface area contributed by atoms with Gasteiger partial charge in [0.2, 0.25) is 0 Å². The first-order valence-electron chi connectivity index (χ1n) is 6.06. The third-order valence-corrected chi connectivity index (χ3v) is 2.95. The molecule has 2 rings (SSSR count). The minimum Gasteiger partial charge on any atom is -0.397 e. The highest BCUT2D eigenvalue weighted by atomic mass is 19.4. The van der Waals surface area contributed by atoms with Gasteiger partial charge in [-0.3, -0.25) is 0 Å². The first-order valence-corrected chi connectivity index (χ1v) is 6.06. The van der Waals surface area contributed by atoms with Crippen LogP contribution in [0, 0.1) is 18.3 Å². The molecular weight excluding hydrogens is 279 g/mol. The molecule has 0 unspecified atom stereocenters. The summed E-state index contributed by atoms with van der Waals surface area (Å²) in [4.78, 5) is 0. The molecule has 0 aliphatic rings. The molecule has 0 amide bonds. The van der Waals surface area contributed by atoms with E-state index in [2.05, 4.69) is 5.32 Å². The SMILES string of the molecule is Cc1ccc(N)c(Nc2ccc(C(F)(F)F)cc2C#N)c1. The molecule has 6 heteroatoms. The van der Waals surface area contributed by atoms with E-state index in [0.717, 1.165) is 17.7 Å². The molecule has 0 heterocycles. The van der Waals surface area contributed by atoms with Crippen LogP contribution in [-0.2, 0) is 6.18 Å². The van der Waals surface area contributed by atoms with Crippen molar-refractivity contribution in [2.45, 2.75) is 13.1 Å². The lowest BCUT2D eigenvalue weighted by Crippen LogP contribution is -2.06. The van der Waals surface area contributed by atoms with E-state index in [1.165, 1.54) is 6.07 Å². The third kappa shape index (κ3) is 3.26. The summed E-state index contributed by atoms with van der Waals surface area (Å²) in [6.07, 6.45) is -4.48. The van der Waals surface area contributed by atoms with Gasteiger partial charge in [0.1, 0.15) is 6.07 Å². The van der Waals surface area contributed by atoms with Crippen LogP contribution < -0.4 is 11.1 Å². The van der Waals surface area contributed by atoms with Crippen molar-refractivity contribution in [1.29, 1.82) is 5.26 Å². The number of nitrogens with two attached hydrogens (primary N) is 1. The number of anilines is 3. The van der Waals surface area contributed by atoms with Gasteiger partial charge in [-0.2, -0.15) is 18.4 Å².